The largest absolute Gasteiger partial charge is 0.424 e. The smallest absolute Gasteiger partial charge is 0.409 e. The first-order chi connectivity index (χ1) is 13.1. The van der Waals surface area contributed by atoms with Gasteiger partial charge in [0, 0.05) is 12.2 Å². The van der Waals surface area contributed by atoms with E-state index >= 15 is 0 Å². The van der Waals surface area contributed by atoms with Gasteiger partial charge in [-0.3, -0.25) is 4.79 Å². The molecule has 3 rings (SSSR count). The second-order valence-electron chi connectivity index (χ2n) is 6.89. The van der Waals surface area contributed by atoms with E-state index in [1.165, 1.54) is 0 Å². The summed E-state index contributed by atoms with van der Waals surface area (Å²) in [5.41, 5.74) is 7.72. The second kappa shape index (κ2) is 8.39. The van der Waals surface area contributed by atoms with Crippen LogP contribution in [0.2, 0.25) is 0 Å². The van der Waals surface area contributed by atoms with E-state index in [1.54, 1.807) is 0 Å². The van der Waals surface area contributed by atoms with Crippen molar-refractivity contribution >= 4 is 28.3 Å². The highest BCUT2D eigenvalue weighted by Crippen LogP contribution is 2.42. The highest BCUT2D eigenvalue weighted by atomic mass is 16.6. The van der Waals surface area contributed by atoms with Gasteiger partial charge in [0.1, 0.15) is 5.92 Å². The molecule has 2 aromatic rings. The molecule has 1 unspecified atom stereocenters. The first-order valence-electron chi connectivity index (χ1n) is 9.58. The van der Waals surface area contributed by atoms with Crippen LogP contribution in [0.4, 0.5) is 10.5 Å². The number of alkyl carbamates (subject to hydrolysis) is 1. The predicted octanol–water partition coefficient (Wildman–Crippen LogP) is 3.51. The molecule has 6 nitrogen and oxygen atoms in total. The molecule has 27 heavy (non-hydrogen) atoms. The molecule has 4 N–H and O–H groups in total. The normalized spacial score (nSPS) is 19.2. The van der Waals surface area contributed by atoms with Crippen molar-refractivity contribution in [2.45, 2.75) is 51.3 Å². The quantitative estimate of drug-likeness (QED) is 0.650. The summed E-state index contributed by atoms with van der Waals surface area (Å²) in [4.78, 5) is 25.2. The Morgan fingerprint density at radius 2 is 2.00 bits per heavy atom. The van der Waals surface area contributed by atoms with Gasteiger partial charge >= 0.3 is 6.09 Å². The maximum absolute atomic E-state index is 13.1. The molecular weight excluding hydrogens is 342 g/mol. The molecule has 0 aliphatic carbocycles. The number of anilines is 1. The van der Waals surface area contributed by atoms with Crippen LogP contribution < -0.4 is 16.4 Å². The lowest BCUT2D eigenvalue weighted by Gasteiger charge is -2.22. The highest BCUT2D eigenvalue weighted by Gasteiger charge is 2.42. The Labute approximate surface area is 159 Å². The fourth-order valence-corrected chi connectivity index (χ4v) is 3.49. The summed E-state index contributed by atoms with van der Waals surface area (Å²) in [7, 11) is 0. The van der Waals surface area contributed by atoms with E-state index in [-0.39, 0.29) is 5.78 Å². The number of Topliss-reactive ketones (excluding diaryl/α,β-unsaturated/α-hetero) is 1. The number of amides is 1. The third kappa shape index (κ3) is 3.90. The van der Waals surface area contributed by atoms with Gasteiger partial charge in [-0.1, -0.05) is 50.6 Å². The molecular formula is C21H27N3O3. The molecule has 0 saturated carbocycles. The molecule has 0 saturated heterocycles. The standard InChI is InChI=1S/C21H27N3O3/c1-3-5-12-23-21(26)27-20-18(19(25)15(22)4-2)17-14-9-7-6-8-13(14)10-11-16(17)24-20/h6-11,15,18,20,24H,3-5,12,22H2,1-2H3,(H,23,26)/t15-,18?,20-/m0/s1. The summed E-state index contributed by atoms with van der Waals surface area (Å²) in [5, 5.41) is 7.94. The lowest BCUT2D eigenvalue weighted by molar-refractivity contribution is -0.123. The summed E-state index contributed by atoms with van der Waals surface area (Å²) >= 11 is 0. The SMILES string of the molecule is CCCCNC(=O)O[C@@H]1Nc2ccc3ccccc3c2C1C(=O)[C@@H](N)CC. The van der Waals surface area contributed by atoms with Crippen molar-refractivity contribution in [1.29, 1.82) is 0 Å². The molecule has 6 heteroatoms. The van der Waals surface area contributed by atoms with Crippen LogP contribution in [0.1, 0.15) is 44.6 Å². The number of ketones is 1. The van der Waals surface area contributed by atoms with Gasteiger partial charge in [0.2, 0.25) is 0 Å². The van der Waals surface area contributed by atoms with E-state index < -0.39 is 24.3 Å². The molecule has 0 aromatic heterocycles. The molecule has 0 spiro atoms. The molecule has 1 aliphatic rings. The van der Waals surface area contributed by atoms with Gasteiger partial charge in [-0.15, -0.1) is 0 Å². The number of hydrogen-bond acceptors (Lipinski definition) is 5. The first-order valence-corrected chi connectivity index (χ1v) is 9.58. The molecule has 1 heterocycles. The monoisotopic (exact) mass is 369 g/mol. The molecule has 0 bridgehead atoms. The number of rotatable bonds is 7. The van der Waals surface area contributed by atoms with Crippen molar-refractivity contribution in [3.63, 3.8) is 0 Å². The lowest BCUT2D eigenvalue weighted by atomic mass is 9.87. The van der Waals surface area contributed by atoms with Crippen LogP contribution in [0, 0.1) is 0 Å². The van der Waals surface area contributed by atoms with E-state index in [2.05, 4.69) is 10.6 Å². The average Bonchev–Trinajstić information content (AvgIpc) is 3.05. The van der Waals surface area contributed by atoms with Crippen molar-refractivity contribution in [2.24, 2.45) is 5.73 Å². The molecule has 1 amide bonds. The van der Waals surface area contributed by atoms with Gasteiger partial charge < -0.3 is 21.1 Å². The lowest BCUT2D eigenvalue weighted by Crippen LogP contribution is -2.42. The second-order valence-corrected chi connectivity index (χ2v) is 6.89. The topological polar surface area (TPSA) is 93.5 Å². The van der Waals surface area contributed by atoms with Crippen molar-refractivity contribution < 1.29 is 14.3 Å². The zero-order chi connectivity index (χ0) is 19.4. The predicted molar refractivity (Wildman–Crippen MR) is 107 cm³/mol. The third-order valence-corrected chi connectivity index (χ3v) is 5.03. The Morgan fingerprint density at radius 3 is 2.74 bits per heavy atom. The van der Waals surface area contributed by atoms with E-state index in [4.69, 9.17) is 10.5 Å². The molecule has 0 fully saturated rings. The van der Waals surface area contributed by atoms with Gasteiger partial charge in [0.25, 0.3) is 0 Å². The number of unbranched alkanes of at least 4 members (excludes halogenated alkanes) is 1. The number of carbonyl (C=O) groups is 2. The van der Waals surface area contributed by atoms with Crippen LogP contribution in [-0.4, -0.2) is 30.7 Å². The number of carbonyl (C=O) groups excluding carboxylic acids is 2. The maximum atomic E-state index is 13.1. The zero-order valence-electron chi connectivity index (χ0n) is 15.8. The van der Waals surface area contributed by atoms with Crippen molar-refractivity contribution in [3.05, 3.63) is 42.0 Å². The first kappa shape index (κ1) is 19.2. The van der Waals surface area contributed by atoms with E-state index in [0.717, 1.165) is 34.9 Å². The van der Waals surface area contributed by atoms with Crippen molar-refractivity contribution in [2.75, 3.05) is 11.9 Å². The Hall–Kier alpha value is -2.60. The van der Waals surface area contributed by atoms with E-state index in [1.807, 2.05) is 50.2 Å². The van der Waals surface area contributed by atoms with Gasteiger partial charge in [-0.05, 0) is 35.2 Å². The average molecular weight is 369 g/mol. The Bertz CT molecular complexity index is 837. The minimum Gasteiger partial charge on any atom is -0.424 e. The van der Waals surface area contributed by atoms with Crippen LogP contribution in [0.15, 0.2) is 36.4 Å². The van der Waals surface area contributed by atoms with Crippen LogP contribution >= 0.6 is 0 Å². The van der Waals surface area contributed by atoms with Crippen LogP contribution in [0.3, 0.4) is 0 Å². The van der Waals surface area contributed by atoms with Gasteiger partial charge in [-0.2, -0.15) is 0 Å². The zero-order valence-corrected chi connectivity index (χ0v) is 15.8. The summed E-state index contributed by atoms with van der Waals surface area (Å²) in [6.45, 7) is 4.47. The highest BCUT2D eigenvalue weighted by molar-refractivity contribution is 6.01. The third-order valence-electron chi connectivity index (χ3n) is 5.03. The Balaban J connectivity index is 1.93. The van der Waals surface area contributed by atoms with Gasteiger partial charge in [0.05, 0.1) is 6.04 Å². The minimum absolute atomic E-state index is 0.119. The van der Waals surface area contributed by atoms with Gasteiger partial charge in [0.15, 0.2) is 12.0 Å². The number of ether oxygens (including phenoxy) is 1. The van der Waals surface area contributed by atoms with E-state index in [9.17, 15) is 9.59 Å². The minimum atomic E-state index is -0.766. The number of benzene rings is 2. The van der Waals surface area contributed by atoms with Crippen LogP contribution in [0.25, 0.3) is 10.8 Å². The van der Waals surface area contributed by atoms with Crippen LogP contribution in [-0.2, 0) is 9.53 Å². The fourth-order valence-electron chi connectivity index (χ4n) is 3.49. The number of nitrogens with one attached hydrogen (secondary N) is 2. The number of nitrogens with two attached hydrogens (primary N) is 1. The molecule has 3 atom stereocenters. The summed E-state index contributed by atoms with van der Waals surface area (Å²) < 4.78 is 5.58. The summed E-state index contributed by atoms with van der Waals surface area (Å²) in [6.07, 6.45) is 1.09. The van der Waals surface area contributed by atoms with Crippen molar-refractivity contribution in [3.8, 4) is 0 Å². The Morgan fingerprint density at radius 1 is 1.22 bits per heavy atom. The van der Waals surface area contributed by atoms with E-state index in [0.29, 0.717) is 13.0 Å². The molecule has 1 aliphatic heterocycles. The number of hydrogen-bond donors (Lipinski definition) is 3. The maximum Gasteiger partial charge on any atom is 0.409 e. The molecule has 2 aromatic carbocycles. The summed E-state index contributed by atoms with van der Waals surface area (Å²) in [5.74, 6) is -0.746. The fraction of sp³-hybridized carbons (Fsp3) is 0.429. The van der Waals surface area contributed by atoms with Crippen LogP contribution in [0.5, 0.6) is 0 Å². The molecule has 0 radical (unpaired) electrons. The van der Waals surface area contributed by atoms with Gasteiger partial charge in [-0.25, -0.2) is 4.79 Å². The summed E-state index contributed by atoms with van der Waals surface area (Å²) in [6, 6.07) is 11.2. The number of fused-ring (bicyclic) bond motifs is 3. The van der Waals surface area contributed by atoms with Crippen molar-refractivity contribution in [1.82, 2.24) is 5.32 Å². The molecule has 144 valence electrons. The Kier molecular flexibility index (Phi) is 5.96.